The number of para-hydroxylation sites is 1. The molecule has 17 heavy (non-hydrogen) atoms. The number of halogens is 2. The highest BCUT2D eigenvalue weighted by atomic mass is 79.9. The van der Waals surface area contributed by atoms with Crippen LogP contribution in [0.4, 0.5) is 5.69 Å². The summed E-state index contributed by atoms with van der Waals surface area (Å²) in [6.45, 7) is 0.418. The fourth-order valence-corrected chi connectivity index (χ4v) is 3.19. The Hall–Kier alpha value is -0.390. The molecule has 0 spiro atoms. The number of hydrogen-bond donors (Lipinski definition) is 2. The molecule has 3 N–H and O–H groups in total. The number of carbonyl (C=O) groups is 1. The molecular formula is C12H14Br2N2O. The fraction of sp³-hybridized carbons (Fsp3) is 0.417. The van der Waals surface area contributed by atoms with E-state index in [4.69, 9.17) is 5.73 Å². The summed E-state index contributed by atoms with van der Waals surface area (Å²) in [4.78, 5) is 12.2. The van der Waals surface area contributed by atoms with Crippen LogP contribution >= 0.6 is 31.9 Å². The molecule has 5 heteroatoms. The van der Waals surface area contributed by atoms with E-state index >= 15 is 0 Å². The van der Waals surface area contributed by atoms with Crippen molar-refractivity contribution < 1.29 is 4.79 Å². The standard InChI is InChI=1S/C12H14Br2N2O/c13-8-3-1-4-9(14)10(8)16-11(17)12(7-15)5-2-6-12/h1,3-4H,2,5-7,15H2,(H,16,17). The molecule has 2 rings (SSSR count). The molecule has 1 fully saturated rings. The fourth-order valence-electron chi connectivity index (χ4n) is 1.99. The lowest BCUT2D eigenvalue weighted by Gasteiger charge is -2.39. The molecule has 0 saturated heterocycles. The van der Waals surface area contributed by atoms with Crippen LogP contribution in [-0.2, 0) is 4.79 Å². The van der Waals surface area contributed by atoms with Gasteiger partial charge >= 0.3 is 0 Å². The highest BCUT2D eigenvalue weighted by Crippen LogP contribution is 2.42. The molecule has 1 saturated carbocycles. The Balaban J connectivity index is 2.18. The van der Waals surface area contributed by atoms with Crippen LogP contribution in [-0.4, -0.2) is 12.5 Å². The SMILES string of the molecule is NCC1(C(=O)Nc2c(Br)cccc2Br)CCC1. The lowest BCUT2D eigenvalue weighted by Crippen LogP contribution is -2.47. The van der Waals surface area contributed by atoms with Crippen LogP contribution in [0.3, 0.4) is 0 Å². The second kappa shape index (κ2) is 5.08. The van der Waals surface area contributed by atoms with E-state index in [-0.39, 0.29) is 11.3 Å². The van der Waals surface area contributed by atoms with Gasteiger partial charge in [0.1, 0.15) is 0 Å². The molecule has 1 aliphatic carbocycles. The van der Waals surface area contributed by atoms with Gasteiger partial charge in [-0.3, -0.25) is 4.79 Å². The summed E-state index contributed by atoms with van der Waals surface area (Å²) in [5.41, 5.74) is 6.14. The van der Waals surface area contributed by atoms with Gasteiger partial charge in [0.25, 0.3) is 0 Å². The molecule has 1 aromatic carbocycles. The Morgan fingerprint density at radius 1 is 1.35 bits per heavy atom. The molecule has 0 bridgehead atoms. The predicted octanol–water partition coefficient (Wildman–Crippen LogP) is 3.28. The molecular weight excluding hydrogens is 348 g/mol. The highest BCUT2D eigenvalue weighted by Gasteiger charge is 2.43. The van der Waals surface area contributed by atoms with Crippen molar-refractivity contribution in [1.82, 2.24) is 0 Å². The number of rotatable bonds is 3. The van der Waals surface area contributed by atoms with Gasteiger partial charge in [-0.1, -0.05) is 12.5 Å². The minimum absolute atomic E-state index is 0.0267. The highest BCUT2D eigenvalue weighted by molar-refractivity contribution is 9.11. The number of nitrogens with two attached hydrogens (primary N) is 1. The molecule has 3 nitrogen and oxygen atoms in total. The normalized spacial score (nSPS) is 17.4. The maximum atomic E-state index is 12.2. The van der Waals surface area contributed by atoms with Gasteiger partial charge in [-0.15, -0.1) is 0 Å². The van der Waals surface area contributed by atoms with Crippen molar-refractivity contribution in [1.29, 1.82) is 0 Å². The third-order valence-corrected chi connectivity index (χ3v) is 4.71. The number of hydrogen-bond acceptors (Lipinski definition) is 2. The second-order valence-corrected chi connectivity index (χ2v) is 6.10. The topological polar surface area (TPSA) is 55.1 Å². The number of carbonyl (C=O) groups excluding carboxylic acids is 1. The quantitative estimate of drug-likeness (QED) is 0.867. The first-order valence-corrected chi connectivity index (χ1v) is 7.13. The van der Waals surface area contributed by atoms with Gasteiger partial charge < -0.3 is 11.1 Å². The van der Waals surface area contributed by atoms with Crippen LogP contribution in [0.25, 0.3) is 0 Å². The van der Waals surface area contributed by atoms with E-state index in [2.05, 4.69) is 37.2 Å². The van der Waals surface area contributed by atoms with E-state index in [1.54, 1.807) is 0 Å². The maximum absolute atomic E-state index is 12.2. The van der Waals surface area contributed by atoms with Gasteiger partial charge in [-0.2, -0.15) is 0 Å². The third-order valence-electron chi connectivity index (χ3n) is 3.38. The molecule has 0 aromatic heterocycles. The zero-order chi connectivity index (χ0) is 12.5. The first-order valence-electron chi connectivity index (χ1n) is 5.55. The minimum Gasteiger partial charge on any atom is -0.329 e. The maximum Gasteiger partial charge on any atom is 0.231 e. The van der Waals surface area contributed by atoms with Crippen LogP contribution in [0.15, 0.2) is 27.1 Å². The monoisotopic (exact) mass is 360 g/mol. The lowest BCUT2D eigenvalue weighted by atomic mass is 9.68. The summed E-state index contributed by atoms with van der Waals surface area (Å²) >= 11 is 6.86. The van der Waals surface area contributed by atoms with Crippen molar-refractivity contribution in [3.63, 3.8) is 0 Å². The zero-order valence-corrected chi connectivity index (χ0v) is 12.5. The molecule has 1 aromatic rings. The van der Waals surface area contributed by atoms with Crippen molar-refractivity contribution >= 4 is 43.5 Å². The summed E-state index contributed by atoms with van der Waals surface area (Å²) in [5, 5.41) is 2.96. The minimum atomic E-state index is -0.352. The summed E-state index contributed by atoms with van der Waals surface area (Å²) in [5.74, 6) is 0.0267. The van der Waals surface area contributed by atoms with Crippen molar-refractivity contribution in [3.05, 3.63) is 27.1 Å². The Labute approximate surface area is 117 Å². The molecule has 0 unspecified atom stereocenters. The van der Waals surface area contributed by atoms with Gasteiger partial charge in [0.15, 0.2) is 0 Å². The van der Waals surface area contributed by atoms with E-state index in [0.717, 1.165) is 33.9 Å². The van der Waals surface area contributed by atoms with Crippen LogP contribution in [0, 0.1) is 5.41 Å². The van der Waals surface area contributed by atoms with Gasteiger partial charge in [0, 0.05) is 15.5 Å². The molecule has 1 aliphatic rings. The molecule has 0 radical (unpaired) electrons. The van der Waals surface area contributed by atoms with Crippen LogP contribution in [0.5, 0.6) is 0 Å². The van der Waals surface area contributed by atoms with Crippen molar-refractivity contribution in [2.24, 2.45) is 11.1 Å². The largest absolute Gasteiger partial charge is 0.329 e. The van der Waals surface area contributed by atoms with E-state index < -0.39 is 0 Å². The molecule has 0 atom stereocenters. The van der Waals surface area contributed by atoms with Crippen LogP contribution in [0.2, 0.25) is 0 Å². The summed E-state index contributed by atoms with van der Waals surface area (Å²) < 4.78 is 1.73. The molecule has 92 valence electrons. The Morgan fingerprint density at radius 3 is 2.35 bits per heavy atom. The van der Waals surface area contributed by atoms with Crippen molar-refractivity contribution in [2.45, 2.75) is 19.3 Å². The zero-order valence-electron chi connectivity index (χ0n) is 9.30. The molecule has 0 aliphatic heterocycles. The van der Waals surface area contributed by atoms with Crippen molar-refractivity contribution in [2.75, 3.05) is 11.9 Å². The smallest absolute Gasteiger partial charge is 0.231 e. The van der Waals surface area contributed by atoms with E-state index in [9.17, 15) is 4.79 Å². The first-order chi connectivity index (χ1) is 8.09. The number of anilines is 1. The third kappa shape index (κ3) is 2.41. The van der Waals surface area contributed by atoms with Gasteiger partial charge in [0.05, 0.1) is 11.1 Å². The van der Waals surface area contributed by atoms with E-state index in [1.807, 2.05) is 18.2 Å². The van der Waals surface area contributed by atoms with Crippen LogP contribution in [0.1, 0.15) is 19.3 Å². The summed E-state index contributed by atoms with van der Waals surface area (Å²) in [7, 11) is 0. The van der Waals surface area contributed by atoms with Crippen LogP contribution < -0.4 is 11.1 Å². The average Bonchev–Trinajstić information content (AvgIpc) is 2.23. The predicted molar refractivity (Wildman–Crippen MR) is 75.8 cm³/mol. The number of nitrogens with one attached hydrogen (secondary N) is 1. The van der Waals surface area contributed by atoms with Gasteiger partial charge in [-0.05, 0) is 56.8 Å². The Bertz CT molecular complexity index is 418. The van der Waals surface area contributed by atoms with E-state index in [1.165, 1.54) is 0 Å². The Morgan fingerprint density at radius 2 is 1.94 bits per heavy atom. The lowest BCUT2D eigenvalue weighted by molar-refractivity contribution is -0.129. The summed E-state index contributed by atoms with van der Waals surface area (Å²) in [6.07, 6.45) is 2.86. The van der Waals surface area contributed by atoms with Gasteiger partial charge in [-0.25, -0.2) is 0 Å². The van der Waals surface area contributed by atoms with E-state index in [0.29, 0.717) is 6.54 Å². The molecule has 0 heterocycles. The first kappa shape index (κ1) is 13.1. The number of amides is 1. The van der Waals surface area contributed by atoms with Gasteiger partial charge in [0.2, 0.25) is 5.91 Å². The second-order valence-electron chi connectivity index (χ2n) is 4.39. The summed E-state index contributed by atoms with van der Waals surface area (Å²) in [6, 6.07) is 5.71. The Kier molecular flexibility index (Phi) is 3.90. The molecule has 1 amide bonds. The number of benzene rings is 1. The average molecular weight is 362 g/mol. The van der Waals surface area contributed by atoms with Crippen molar-refractivity contribution in [3.8, 4) is 0 Å².